The van der Waals surface area contributed by atoms with Crippen molar-refractivity contribution in [1.82, 2.24) is 15.1 Å². The molecule has 1 spiro atoms. The van der Waals surface area contributed by atoms with E-state index < -0.39 is 29.6 Å². The van der Waals surface area contributed by atoms with E-state index in [1.54, 1.807) is 18.9 Å². The summed E-state index contributed by atoms with van der Waals surface area (Å²) < 4.78 is 31.2. The smallest absolute Gasteiger partial charge is 0.335 e. The predicted molar refractivity (Wildman–Crippen MR) is 199 cm³/mol. The summed E-state index contributed by atoms with van der Waals surface area (Å²) in [6.45, 7) is 5.91. The molecule has 3 N–H and O–H groups in total. The first kappa shape index (κ1) is 34.1. The number of hydrogen-bond donors (Lipinski definition) is 3. The zero-order valence-corrected chi connectivity index (χ0v) is 31.6. The molecule has 4 bridgehead atoms. The molecule has 0 aliphatic carbocycles. The van der Waals surface area contributed by atoms with Crippen molar-refractivity contribution < 1.29 is 38.4 Å². The number of esters is 1. The molecule has 8 atom stereocenters. The number of nitriles is 1. The van der Waals surface area contributed by atoms with E-state index in [4.69, 9.17) is 23.4 Å². The molecule has 0 unspecified atom stereocenters. The van der Waals surface area contributed by atoms with Crippen LogP contribution >= 0.6 is 11.8 Å². The number of aliphatic hydroxyl groups excluding tert-OH is 1. The SMILES string of the molecule is COc1c(C)cc2c(c1O)[C@@H]1[C@@H]3[C@@H]4SC[C@]5(N[C@H](CO)Cc6c5oc5ccccc65)C(=O)OC[C@@H](c5c6c(c(C)c(C)c54)OCO6)N3[C@@H](C#N)[C@H](C2)N1C. The highest BCUT2D eigenvalue weighted by molar-refractivity contribution is 7.99. The Balaban J connectivity index is 1.23. The van der Waals surface area contributed by atoms with Gasteiger partial charge in [0.15, 0.2) is 28.5 Å². The number of phenols is 1. The van der Waals surface area contributed by atoms with Gasteiger partial charge in [0.1, 0.15) is 24.0 Å². The lowest BCUT2D eigenvalue weighted by molar-refractivity contribution is -0.158. The number of methoxy groups -OCH3 is 1. The first-order valence-corrected chi connectivity index (χ1v) is 19.6. The number of benzene rings is 3. The van der Waals surface area contributed by atoms with E-state index in [2.05, 4.69) is 41.2 Å². The second-order valence-corrected chi connectivity index (χ2v) is 16.7. The Morgan fingerprint density at radius 2 is 1.89 bits per heavy atom. The number of likely N-dealkylation sites (N-methyl/N-ethyl adjacent to an activating group) is 1. The molecular formula is C41H42N4O8S. The highest BCUT2D eigenvalue weighted by Gasteiger charge is 2.62. The van der Waals surface area contributed by atoms with Crippen LogP contribution in [0.2, 0.25) is 0 Å². The summed E-state index contributed by atoms with van der Waals surface area (Å²) in [7, 11) is 3.63. The first-order valence-electron chi connectivity index (χ1n) is 18.5. The molecule has 0 saturated carbocycles. The van der Waals surface area contributed by atoms with Gasteiger partial charge in [-0.05, 0) is 74.5 Å². The molecule has 7 aliphatic heterocycles. The maximum Gasteiger partial charge on any atom is 0.335 e. The van der Waals surface area contributed by atoms with Crippen molar-refractivity contribution in [2.24, 2.45) is 0 Å². The van der Waals surface area contributed by atoms with Gasteiger partial charge in [-0.2, -0.15) is 5.26 Å². The lowest BCUT2D eigenvalue weighted by Crippen LogP contribution is -2.69. The number of hydrogen-bond acceptors (Lipinski definition) is 13. The zero-order chi connectivity index (χ0) is 37.4. The lowest BCUT2D eigenvalue weighted by Gasteiger charge is -2.62. The normalized spacial score (nSPS) is 31.0. The number of aryl methyl sites for hydroxylation is 1. The minimum Gasteiger partial charge on any atom is -0.504 e. The van der Waals surface area contributed by atoms with Crippen LogP contribution in [0.3, 0.4) is 0 Å². The van der Waals surface area contributed by atoms with Gasteiger partial charge < -0.3 is 33.6 Å². The molecule has 12 nitrogen and oxygen atoms in total. The van der Waals surface area contributed by atoms with Crippen LogP contribution in [0.25, 0.3) is 11.0 Å². The number of carbonyl (C=O) groups excluding carboxylic acids is 1. The summed E-state index contributed by atoms with van der Waals surface area (Å²) in [6.07, 6.45) is 1.04. The first-order chi connectivity index (χ1) is 26.1. The maximum absolute atomic E-state index is 14.9. The Morgan fingerprint density at radius 1 is 1.09 bits per heavy atom. The van der Waals surface area contributed by atoms with Gasteiger partial charge in [0.2, 0.25) is 6.79 Å². The minimum atomic E-state index is -1.42. The van der Waals surface area contributed by atoms with Gasteiger partial charge in [-0.1, -0.05) is 24.3 Å². The van der Waals surface area contributed by atoms with Crippen LogP contribution in [0.5, 0.6) is 23.0 Å². The average Bonchev–Trinajstić information content (AvgIpc) is 3.81. The van der Waals surface area contributed by atoms with E-state index in [1.165, 1.54) is 0 Å². The molecule has 2 fully saturated rings. The highest BCUT2D eigenvalue weighted by Crippen LogP contribution is 2.63. The number of aliphatic hydroxyl groups is 1. The third-order valence-electron chi connectivity index (χ3n) is 13.1. The number of phenolic OH excluding ortho intramolecular Hbond substituents is 1. The maximum atomic E-state index is 14.9. The summed E-state index contributed by atoms with van der Waals surface area (Å²) in [5, 5.41) is 37.9. The molecule has 280 valence electrons. The van der Waals surface area contributed by atoms with E-state index >= 15 is 0 Å². The number of carbonyl (C=O) groups is 1. The van der Waals surface area contributed by atoms with Gasteiger partial charge in [-0.25, -0.2) is 4.79 Å². The number of para-hydroxylation sites is 1. The molecular weight excluding hydrogens is 709 g/mol. The van der Waals surface area contributed by atoms with Crippen LogP contribution in [-0.4, -0.2) is 90.1 Å². The molecule has 4 aromatic rings. The number of ether oxygens (including phenoxy) is 4. The van der Waals surface area contributed by atoms with Crippen molar-refractivity contribution in [2.75, 3.05) is 39.9 Å². The molecule has 2 saturated heterocycles. The van der Waals surface area contributed by atoms with Crippen LogP contribution < -0.4 is 19.5 Å². The fourth-order valence-electron chi connectivity index (χ4n) is 10.7. The highest BCUT2D eigenvalue weighted by atomic mass is 32.2. The van der Waals surface area contributed by atoms with E-state index in [0.717, 1.165) is 49.9 Å². The van der Waals surface area contributed by atoms with Crippen molar-refractivity contribution in [3.63, 3.8) is 0 Å². The Labute approximate surface area is 316 Å². The van der Waals surface area contributed by atoms with Crippen molar-refractivity contribution in [3.05, 3.63) is 80.6 Å². The number of rotatable bonds is 2. The topological polar surface area (TPSA) is 150 Å². The summed E-state index contributed by atoms with van der Waals surface area (Å²) in [6, 6.07) is 10.0. The molecule has 54 heavy (non-hydrogen) atoms. The Hall–Kier alpha value is -4.45. The quantitative estimate of drug-likeness (QED) is 0.242. The minimum absolute atomic E-state index is 0.0697. The average molecular weight is 751 g/mol. The van der Waals surface area contributed by atoms with E-state index in [1.807, 2.05) is 38.1 Å². The van der Waals surface area contributed by atoms with Gasteiger partial charge >= 0.3 is 5.97 Å². The van der Waals surface area contributed by atoms with Crippen molar-refractivity contribution in [1.29, 1.82) is 5.26 Å². The predicted octanol–water partition coefficient (Wildman–Crippen LogP) is 4.76. The second-order valence-electron chi connectivity index (χ2n) is 15.6. The summed E-state index contributed by atoms with van der Waals surface area (Å²) in [5.74, 6) is 2.08. The monoisotopic (exact) mass is 750 g/mol. The number of piperazine rings is 1. The molecule has 0 amide bonds. The number of furan rings is 1. The van der Waals surface area contributed by atoms with Crippen LogP contribution in [0.15, 0.2) is 34.7 Å². The summed E-state index contributed by atoms with van der Waals surface area (Å²) in [4.78, 5) is 19.4. The van der Waals surface area contributed by atoms with Gasteiger partial charge in [-0.3, -0.25) is 15.1 Å². The zero-order valence-electron chi connectivity index (χ0n) is 30.8. The largest absolute Gasteiger partial charge is 0.504 e. The number of aromatic hydroxyl groups is 1. The Morgan fingerprint density at radius 3 is 2.67 bits per heavy atom. The fourth-order valence-corrected chi connectivity index (χ4v) is 12.4. The molecule has 1 aromatic heterocycles. The van der Waals surface area contributed by atoms with Gasteiger partial charge in [0.05, 0.1) is 31.9 Å². The molecule has 7 aliphatic rings. The standard InChI is InChI=1S/C41H42N4O8S/c1-18-10-21-11-25-26(13-42)45-27-15-50-40(48)41(39-24(12-22(14-46)43-41)23-8-6-7-9-28(23)53-39)16-54-38(29-19(2)20(3)36-37(31(27)29)52-17-51-36)33(45)32(44(25)4)30(21)34(47)35(18)49-5/h6-10,22,25-27,32-33,38,43,46-47H,11-12,14-17H2,1-5H3/t22-,25-,26-,27-,32+,33+,38+,41+/m0/s1. The van der Waals surface area contributed by atoms with E-state index in [9.17, 15) is 20.3 Å². The van der Waals surface area contributed by atoms with Crippen LogP contribution in [0.1, 0.15) is 67.6 Å². The van der Waals surface area contributed by atoms with Gasteiger partial charge in [0.25, 0.3) is 0 Å². The molecule has 13 heteroatoms. The molecule has 11 rings (SSSR count). The molecule has 8 heterocycles. The number of fused-ring (bicyclic) bond motifs is 11. The van der Waals surface area contributed by atoms with Crippen LogP contribution in [0.4, 0.5) is 0 Å². The van der Waals surface area contributed by atoms with Gasteiger partial charge in [-0.15, -0.1) is 11.8 Å². The third kappa shape index (κ3) is 4.31. The van der Waals surface area contributed by atoms with Crippen molar-refractivity contribution >= 4 is 28.7 Å². The molecule has 0 radical (unpaired) electrons. The van der Waals surface area contributed by atoms with E-state index in [-0.39, 0.29) is 54.9 Å². The third-order valence-corrected chi connectivity index (χ3v) is 14.6. The van der Waals surface area contributed by atoms with Crippen molar-refractivity contribution in [3.8, 4) is 29.1 Å². The van der Waals surface area contributed by atoms with Crippen LogP contribution in [-0.2, 0) is 27.9 Å². The van der Waals surface area contributed by atoms with Gasteiger partial charge in [0, 0.05) is 51.2 Å². The van der Waals surface area contributed by atoms with Crippen LogP contribution in [0, 0.1) is 32.1 Å². The molecule has 3 aromatic carbocycles. The number of nitrogens with one attached hydrogen (secondary N) is 1. The van der Waals surface area contributed by atoms with E-state index in [0.29, 0.717) is 41.4 Å². The Kier molecular flexibility index (Phi) is 7.59. The summed E-state index contributed by atoms with van der Waals surface area (Å²) in [5.41, 5.74) is 6.75. The van der Waals surface area contributed by atoms with Crippen molar-refractivity contribution in [2.45, 2.75) is 80.7 Å². The second kappa shape index (κ2) is 12.0. The fraction of sp³-hybridized carbons (Fsp3) is 0.463. The number of thioether (sulfide) groups is 1. The summed E-state index contributed by atoms with van der Waals surface area (Å²) >= 11 is 1.61. The lowest BCUT2D eigenvalue weighted by atomic mass is 9.71. The number of nitrogens with zero attached hydrogens (tertiary/aromatic N) is 3. The Bertz CT molecular complexity index is 2320.